The predicted octanol–water partition coefficient (Wildman–Crippen LogP) is 3.53. The number of nitrogens with one attached hydrogen (secondary N) is 2. The summed E-state index contributed by atoms with van der Waals surface area (Å²) < 4.78 is 1.06. The summed E-state index contributed by atoms with van der Waals surface area (Å²) in [6.45, 7) is 4.23. The molecule has 0 aliphatic heterocycles. The molecular formula is C11H15BrN2S. The number of rotatable bonds is 3. The van der Waals surface area contributed by atoms with Gasteiger partial charge in [0.25, 0.3) is 0 Å². The van der Waals surface area contributed by atoms with Crippen LogP contribution in [0.4, 0.5) is 5.69 Å². The highest BCUT2D eigenvalue weighted by molar-refractivity contribution is 9.10. The minimum Gasteiger partial charge on any atom is -0.360 e. The molecule has 0 unspecified atom stereocenters. The molecule has 0 saturated carbocycles. The smallest absolute Gasteiger partial charge is 0.170 e. The molecule has 1 atom stereocenters. The monoisotopic (exact) mass is 286 g/mol. The summed E-state index contributed by atoms with van der Waals surface area (Å²) in [6.07, 6.45) is 1.06. The van der Waals surface area contributed by atoms with Crippen molar-refractivity contribution in [1.29, 1.82) is 0 Å². The molecule has 1 rings (SSSR count). The van der Waals surface area contributed by atoms with Crippen LogP contribution in [0.15, 0.2) is 28.7 Å². The molecule has 0 bridgehead atoms. The van der Waals surface area contributed by atoms with Crippen LogP contribution in [0.1, 0.15) is 20.3 Å². The van der Waals surface area contributed by atoms with Crippen molar-refractivity contribution in [3.8, 4) is 0 Å². The van der Waals surface area contributed by atoms with Crippen molar-refractivity contribution in [2.75, 3.05) is 5.32 Å². The van der Waals surface area contributed by atoms with Crippen LogP contribution >= 0.6 is 28.1 Å². The molecule has 4 heteroatoms. The van der Waals surface area contributed by atoms with Crippen molar-refractivity contribution in [3.63, 3.8) is 0 Å². The van der Waals surface area contributed by atoms with Gasteiger partial charge in [-0.2, -0.15) is 0 Å². The molecule has 0 aromatic heterocycles. The first-order chi connectivity index (χ1) is 7.11. The highest BCUT2D eigenvalue weighted by Crippen LogP contribution is 2.13. The van der Waals surface area contributed by atoms with Crippen molar-refractivity contribution >= 4 is 38.9 Å². The van der Waals surface area contributed by atoms with E-state index in [9.17, 15) is 0 Å². The number of halogens is 1. The first-order valence-corrected chi connectivity index (χ1v) is 6.15. The average Bonchev–Trinajstić information content (AvgIpc) is 2.21. The highest BCUT2D eigenvalue weighted by atomic mass is 79.9. The predicted molar refractivity (Wildman–Crippen MR) is 73.3 cm³/mol. The number of benzene rings is 1. The second kappa shape index (κ2) is 6.08. The van der Waals surface area contributed by atoms with E-state index >= 15 is 0 Å². The van der Waals surface area contributed by atoms with E-state index in [1.165, 1.54) is 0 Å². The van der Waals surface area contributed by atoms with E-state index in [-0.39, 0.29) is 0 Å². The van der Waals surface area contributed by atoms with E-state index in [4.69, 9.17) is 12.2 Å². The highest BCUT2D eigenvalue weighted by Gasteiger charge is 2.01. The molecule has 82 valence electrons. The van der Waals surface area contributed by atoms with E-state index in [0.29, 0.717) is 11.2 Å². The fourth-order valence-electron chi connectivity index (χ4n) is 1.03. The standard InChI is InChI=1S/C11H15BrN2S/c1-3-8(2)13-11(15)14-10-6-4-9(12)5-7-10/h4-8H,3H2,1-2H3,(H2,13,14,15)/t8-/m0/s1. The molecule has 15 heavy (non-hydrogen) atoms. The Hall–Kier alpha value is -0.610. The van der Waals surface area contributed by atoms with E-state index in [1.807, 2.05) is 24.3 Å². The molecule has 1 aromatic carbocycles. The average molecular weight is 287 g/mol. The summed E-state index contributed by atoms with van der Waals surface area (Å²) in [6, 6.07) is 8.33. The molecule has 0 amide bonds. The van der Waals surface area contributed by atoms with Gasteiger partial charge in [-0.1, -0.05) is 22.9 Å². The van der Waals surface area contributed by atoms with Gasteiger partial charge in [0.2, 0.25) is 0 Å². The summed E-state index contributed by atoms with van der Waals surface area (Å²) >= 11 is 8.56. The van der Waals surface area contributed by atoms with Gasteiger partial charge < -0.3 is 10.6 Å². The van der Waals surface area contributed by atoms with Gasteiger partial charge in [0.1, 0.15) is 0 Å². The SMILES string of the molecule is CC[C@H](C)NC(=S)Nc1ccc(Br)cc1. The zero-order valence-electron chi connectivity index (χ0n) is 8.88. The Morgan fingerprint density at radius 1 is 1.40 bits per heavy atom. The van der Waals surface area contributed by atoms with Gasteiger partial charge in [-0.15, -0.1) is 0 Å². The third kappa shape index (κ3) is 4.62. The van der Waals surface area contributed by atoms with Crippen LogP contribution in [0, 0.1) is 0 Å². The topological polar surface area (TPSA) is 24.1 Å². The van der Waals surface area contributed by atoms with Crippen LogP contribution in [-0.2, 0) is 0 Å². The molecule has 2 nitrogen and oxygen atoms in total. The lowest BCUT2D eigenvalue weighted by Gasteiger charge is -2.15. The molecule has 1 aromatic rings. The maximum Gasteiger partial charge on any atom is 0.170 e. The van der Waals surface area contributed by atoms with Gasteiger partial charge in [0.15, 0.2) is 5.11 Å². The first-order valence-electron chi connectivity index (χ1n) is 4.95. The Balaban J connectivity index is 2.48. The molecule has 0 spiro atoms. The number of thiocarbonyl (C=S) groups is 1. The maximum absolute atomic E-state index is 5.18. The minimum atomic E-state index is 0.403. The molecule has 0 heterocycles. The van der Waals surface area contributed by atoms with E-state index < -0.39 is 0 Å². The molecule has 0 radical (unpaired) electrons. The van der Waals surface area contributed by atoms with Crippen molar-refractivity contribution in [3.05, 3.63) is 28.7 Å². The summed E-state index contributed by atoms with van der Waals surface area (Å²) in [5, 5.41) is 7.01. The van der Waals surface area contributed by atoms with Crippen LogP contribution in [-0.4, -0.2) is 11.2 Å². The molecule has 0 saturated heterocycles. The lowest BCUT2D eigenvalue weighted by atomic mass is 10.3. The van der Waals surface area contributed by atoms with Crippen LogP contribution in [0.2, 0.25) is 0 Å². The van der Waals surface area contributed by atoms with E-state index in [0.717, 1.165) is 16.6 Å². The van der Waals surface area contributed by atoms with Crippen molar-refractivity contribution < 1.29 is 0 Å². The lowest BCUT2D eigenvalue weighted by Crippen LogP contribution is -2.35. The van der Waals surface area contributed by atoms with Crippen LogP contribution < -0.4 is 10.6 Å². The van der Waals surface area contributed by atoms with Crippen LogP contribution in [0.25, 0.3) is 0 Å². The molecule has 2 N–H and O–H groups in total. The van der Waals surface area contributed by atoms with Crippen molar-refractivity contribution in [2.24, 2.45) is 0 Å². The zero-order chi connectivity index (χ0) is 11.3. The third-order valence-corrected chi connectivity index (χ3v) is 2.84. The fourth-order valence-corrected chi connectivity index (χ4v) is 1.61. The Morgan fingerprint density at radius 3 is 2.53 bits per heavy atom. The quantitative estimate of drug-likeness (QED) is 0.832. The summed E-state index contributed by atoms with van der Waals surface area (Å²) in [5.41, 5.74) is 0.999. The summed E-state index contributed by atoms with van der Waals surface area (Å²) in [4.78, 5) is 0. The minimum absolute atomic E-state index is 0.403. The van der Waals surface area contributed by atoms with E-state index in [2.05, 4.69) is 40.4 Å². The number of hydrogen-bond acceptors (Lipinski definition) is 1. The van der Waals surface area contributed by atoms with E-state index in [1.54, 1.807) is 0 Å². The number of anilines is 1. The second-order valence-electron chi connectivity index (χ2n) is 3.41. The van der Waals surface area contributed by atoms with Crippen LogP contribution in [0.5, 0.6) is 0 Å². The first kappa shape index (κ1) is 12.5. The second-order valence-corrected chi connectivity index (χ2v) is 4.74. The Labute approximate surface area is 105 Å². The molecule has 0 fully saturated rings. The fraction of sp³-hybridized carbons (Fsp3) is 0.364. The van der Waals surface area contributed by atoms with Gasteiger partial charge in [-0.25, -0.2) is 0 Å². The summed E-state index contributed by atoms with van der Waals surface area (Å²) in [7, 11) is 0. The molecule has 0 aliphatic rings. The van der Waals surface area contributed by atoms with Crippen molar-refractivity contribution in [2.45, 2.75) is 26.3 Å². The van der Waals surface area contributed by atoms with Crippen LogP contribution in [0.3, 0.4) is 0 Å². The normalized spacial score (nSPS) is 11.9. The van der Waals surface area contributed by atoms with Gasteiger partial charge in [-0.05, 0) is 49.8 Å². The summed E-state index contributed by atoms with van der Waals surface area (Å²) in [5.74, 6) is 0. The van der Waals surface area contributed by atoms with Gasteiger partial charge in [-0.3, -0.25) is 0 Å². The van der Waals surface area contributed by atoms with Gasteiger partial charge in [0.05, 0.1) is 0 Å². The number of hydrogen-bond donors (Lipinski definition) is 2. The lowest BCUT2D eigenvalue weighted by molar-refractivity contribution is 0.646. The molecular weight excluding hydrogens is 272 g/mol. The third-order valence-electron chi connectivity index (χ3n) is 2.09. The Morgan fingerprint density at radius 2 is 2.00 bits per heavy atom. The van der Waals surface area contributed by atoms with Gasteiger partial charge in [0, 0.05) is 16.2 Å². The Bertz CT molecular complexity index is 324. The largest absolute Gasteiger partial charge is 0.360 e. The Kier molecular flexibility index (Phi) is 5.05. The molecule has 0 aliphatic carbocycles. The zero-order valence-corrected chi connectivity index (χ0v) is 11.3. The maximum atomic E-state index is 5.18. The van der Waals surface area contributed by atoms with Crippen molar-refractivity contribution in [1.82, 2.24) is 5.32 Å². The van der Waals surface area contributed by atoms with Gasteiger partial charge >= 0.3 is 0 Å².